The van der Waals surface area contributed by atoms with E-state index in [1.165, 1.54) is 23.1 Å². The molecule has 0 spiro atoms. The zero-order valence-corrected chi connectivity index (χ0v) is 11.0. The van der Waals surface area contributed by atoms with Crippen LogP contribution in [0.1, 0.15) is 36.0 Å². The maximum atomic E-state index is 13.1. The average Bonchev–Trinajstić information content (AvgIpc) is 2.78. The van der Waals surface area contributed by atoms with Gasteiger partial charge in [0, 0.05) is 19.2 Å². The number of rotatable bonds is 3. The summed E-state index contributed by atoms with van der Waals surface area (Å²) < 4.78 is 13.1. The molecule has 0 unspecified atom stereocenters. The van der Waals surface area contributed by atoms with Crippen LogP contribution in [0.15, 0.2) is 18.2 Å². The fourth-order valence-corrected chi connectivity index (χ4v) is 2.60. The van der Waals surface area contributed by atoms with E-state index in [-0.39, 0.29) is 11.6 Å². The zero-order valence-electron chi connectivity index (χ0n) is 11.0. The highest BCUT2D eigenvalue weighted by Crippen LogP contribution is 2.30. The van der Waals surface area contributed by atoms with E-state index in [2.05, 4.69) is 0 Å². The molecule has 1 aliphatic carbocycles. The molecule has 0 radical (unpaired) electrons. The van der Waals surface area contributed by atoms with Crippen LogP contribution in [-0.2, 0) is 0 Å². The van der Waals surface area contributed by atoms with Gasteiger partial charge < -0.3 is 15.7 Å². The monoisotopic (exact) mass is 266 g/mol. The Morgan fingerprint density at radius 2 is 2.11 bits per heavy atom. The molecule has 1 saturated carbocycles. The van der Waals surface area contributed by atoms with Gasteiger partial charge in [-0.25, -0.2) is 4.39 Å². The van der Waals surface area contributed by atoms with Crippen molar-refractivity contribution in [2.75, 3.05) is 19.3 Å². The van der Waals surface area contributed by atoms with Crippen molar-refractivity contribution < 1.29 is 14.3 Å². The van der Waals surface area contributed by atoms with Crippen molar-refractivity contribution in [1.82, 2.24) is 4.90 Å². The maximum absolute atomic E-state index is 13.1. The van der Waals surface area contributed by atoms with Gasteiger partial charge in [-0.15, -0.1) is 0 Å². The van der Waals surface area contributed by atoms with Crippen LogP contribution in [0.2, 0.25) is 0 Å². The van der Waals surface area contributed by atoms with Crippen LogP contribution in [0, 0.1) is 5.82 Å². The summed E-state index contributed by atoms with van der Waals surface area (Å²) >= 11 is 0. The van der Waals surface area contributed by atoms with Gasteiger partial charge in [0.25, 0.3) is 5.91 Å². The maximum Gasteiger partial charge on any atom is 0.253 e. The molecule has 19 heavy (non-hydrogen) atoms. The Bertz CT molecular complexity index is 484. The number of hydrogen-bond acceptors (Lipinski definition) is 3. The Balaban J connectivity index is 2.08. The van der Waals surface area contributed by atoms with E-state index < -0.39 is 11.4 Å². The largest absolute Gasteiger partial charge is 0.396 e. The first-order valence-electron chi connectivity index (χ1n) is 6.44. The van der Waals surface area contributed by atoms with E-state index in [4.69, 9.17) is 5.73 Å². The standard InChI is InChI=1S/C14H19FN2O2/c1-17(9-14(19)6-2-3-7-14)13(18)10-4-5-11(15)12(16)8-10/h4-5,8,19H,2-3,6-7,9,16H2,1H3. The number of benzene rings is 1. The Morgan fingerprint density at radius 3 is 2.68 bits per heavy atom. The lowest BCUT2D eigenvalue weighted by Crippen LogP contribution is -2.42. The molecule has 3 N–H and O–H groups in total. The first kappa shape index (κ1) is 13.8. The summed E-state index contributed by atoms with van der Waals surface area (Å²) in [6.07, 6.45) is 3.41. The summed E-state index contributed by atoms with van der Waals surface area (Å²) in [6.45, 7) is 0.295. The zero-order chi connectivity index (χ0) is 14.0. The summed E-state index contributed by atoms with van der Waals surface area (Å²) in [5.41, 5.74) is 4.96. The summed E-state index contributed by atoms with van der Waals surface area (Å²) in [5.74, 6) is -0.791. The fourth-order valence-electron chi connectivity index (χ4n) is 2.60. The van der Waals surface area contributed by atoms with Gasteiger partial charge in [-0.3, -0.25) is 4.79 Å². The number of likely N-dealkylation sites (N-methyl/N-ethyl adjacent to an activating group) is 1. The number of carbonyl (C=O) groups excluding carboxylic acids is 1. The topological polar surface area (TPSA) is 66.6 Å². The van der Waals surface area contributed by atoms with Crippen molar-refractivity contribution in [3.05, 3.63) is 29.6 Å². The fraction of sp³-hybridized carbons (Fsp3) is 0.500. The molecule has 1 fully saturated rings. The number of aliphatic hydroxyl groups is 1. The summed E-state index contributed by atoms with van der Waals surface area (Å²) in [5, 5.41) is 10.3. The second-order valence-electron chi connectivity index (χ2n) is 5.33. The SMILES string of the molecule is CN(CC1(O)CCCC1)C(=O)c1ccc(F)c(N)c1. The molecule has 0 aromatic heterocycles. The lowest BCUT2D eigenvalue weighted by atomic mass is 10.0. The third-order valence-electron chi connectivity index (χ3n) is 3.66. The molecular formula is C14H19FN2O2. The quantitative estimate of drug-likeness (QED) is 0.820. The minimum absolute atomic E-state index is 0.0428. The molecule has 2 rings (SSSR count). The van der Waals surface area contributed by atoms with E-state index in [1.807, 2.05) is 0 Å². The third-order valence-corrected chi connectivity index (χ3v) is 3.66. The molecule has 0 bridgehead atoms. The minimum Gasteiger partial charge on any atom is -0.396 e. The number of nitrogens with two attached hydrogens (primary N) is 1. The molecule has 1 aromatic rings. The second-order valence-corrected chi connectivity index (χ2v) is 5.33. The Hall–Kier alpha value is -1.62. The third kappa shape index (κ3) is 3.04. The number of nitrogen functional groups attached to an aromatic ring is 1. The molecule has 5 heteroatoms. The summed E-state index contributed by atoms with van der Waals surface area (Å²) in [6, 6.07) is 3.91. The van der Waals surface area contributed by atoms with Crippen molar-refractivity contribution in [2.45, 2.75) is 31.3 Å². The van der Waals surface area contributed by atoms with E-state index in [0.29, 0.717) is 12.1 Å². The van der Waals surface area contributed by atoms with E-state index in [1.54, 1.807) is 7.05 Å². The van der Waals surface area contributed by atoms with Gasteiger partial charge in [0.1, 0.15) is 5.82 Å². The first-order valence-corrected chi connectivity index (χ1v) is 6.44. The van der Waals surface area contributed by atoms with Gasteiger partial charge in [0.15, 0.2) is 0 Å². The highest BCUT2D eigenvalue weighted by molar-refractivity contribution is 5.94. The van der Waals surface area contributed by atoms with Crippen LogP contribution >= 0.6 is 0 Å². The molecular weight excluding hydrogens is 247 g/mol. The van der Waals surface area contributed by atoms with Crippen molar-refractivity contribution in [2.24, 2.45) is 0 Å². The second kappa shape index (κ2) is 5.17. The van der Waals surface area contributed by atoms with Crippen LogP contribution in [0.3, 0.4) is 0 Å². The molecule has 0 aliphatic heterocycles. The van der Waals surface area contributed by atoms with Crippen molar-refractivity contribution in [3.63, 3.8) is 0 Å². The van der Waals surface area contributed by atoms with Crippen molar-refractivity contribution >= 4 is 11.6 Å². The van der Waals surface area contributed by atoms with Gasteiger partial charge in [-0.1, -0.05) is 12.8 Å². The van der Waals surface area contributed by atoms with Crippen LogP contribution in [0.4, 0.5) is 10.1 Å². The van der Waals surface area contributed by atoms with Gasteiger partial charge in [0.05, 0.1) is 11.3 Å². The summed E-state index contributed by atoms with van der Waals surface area (Å²) in [4.78, 5) is 13.6. The molecule has 1 aliphatic rings. The minimum atomic E-state index is -0.782. The van der Waals surface area contributed by atoms with E-state index in [0.717, 1.165) is 25.7 Å². The smallest absolute Gasteiger partial charge is 0.253 e. The van der Waals surface area contributed by atoms with E-state index >= 15 is 0 Å². The molecule has 1 aromatic carbocycles. The van der Waals surface area contributed by atoms with Crippen LogP contribution < -0.4 is 5.73 Å². The normalized spacial score (nSPS) is 17.4. The average molecular weight is 266 g/mol. The Labute approximate surface area is 112 Å². The van der Waals surface area contributed by atoms with Crippen LogP contribution in [-0.4, -0.2) is 35.1 Å². The van der Waals surface area contributed by atoms with Gasteiger partial charge in [0.2, 0.25) is 0 Å². The number of halogens is 1. The van der Waals surface area contributed by atoms with E-state index in [9.17, 15) is 14.3 Å². The van der Waals surface area contributed by atoms with Crippen LogP contribution in [0.25, 0.3) is 0 Å². The molecule has 0 heterocycles. The Morgan fingerprint density at radius 1 is 1.47 bits per heavy atom. The summed E-state index contributed by atoms with van der Waals surface area (Å²) in [7, 11) is 1.64. The Kier molecular flexibility index (Phi) is 3.75. The highest BCUT2D eigenvalue weighted by atomic mass is 19.1. The predicted octanol–water partition coefficient (Wildman–Crippen LogP) is 1.78. The molecule has 1 amide bonds. The number of amides is 1. The van der Waals surface area contributed by atoms with Crippen molar-refractivity contribution in [1.29, 1.82) is 0 Å². The number of hydrogen-bond donors (Lipinski definition) is 2. The van der Waals surface area contributed by atoms with Gasteiger partial charge >= 0.3 is 0 Å². The molecule has 104 valence electrons. The lowest BCUT2D eigenvalue weighted by Gasteiger charge is -2.28. The van der Waals surface area contributed by atoms with Crippen LogP contribution in [0.5, 0.6) is 0 Å². The predicted molar refractivity (Wildman–Crippen MR) is 71.2 cm³/mol. The highest BCUT2D eigenvalue weighted by Gasteiger charge is 2.33. The lowest BCUT2D eigenvalue weighted by molar-refractivity contribution is 0.0157. The molecule has 4 nitrogen and oxygen atoms in total. The number of carbonyl (C=O) groups is 1. The number of nitrogens with zero attached hydrogens (tertiary/aromatic N) is 1. The van der Waals surface area contributed by atoms with Gasteiger partial charge in [-0.05, 0) is 31.0 Å². The molecule has 0 atom stereocenters. The first-order chi connectivity index (χ1) is 8.91. The molecule has 0 saturated heterocycles. The van der Waals surface area contributed by atoms with Crippen molar-refractivity contribution in [3.8, 4) is 0 Å². The van der Waals surface area contributed by atoms with Gasteiger partial charge in [-0.2, -0.15) is 0 Å². The number of anilines is 1.